The van der Waals surface area contributed by atoms with Crippen molar-refractivity contribution in [3.05, 3.63) is 35.9 Å². The fourth-order valence-electron chi connectivity index (χ4n) is 2.94. The number of para-hydroxylation sites is 1. The number of aromatic nitrogens is 1. The predicted octanol–water partition coefficient (Wildman–Crippen LogP) is 1.84. The molecular formula is C16H19N3O2. The van der Waals surface area contributed by atoms with E-state index in [2.05, 4.69) is 4.98 Å². The molecule has 21 heavy (non-hydrogen) atoms. The monoisotopic (exact) mass is 285 g/mol. The molecule has 110 valence electrons. The van der Waals surface area contributed by atoms with Crippen molar-refractivity contribution in [1.29, 1.82) is 0 Å². The first-order chi connectivity index (χ1) is 10.2. The minimum atomic E-state index is -0.523. The molecule has 5 nitrogen and oxygen atoms in total. The molecule has 2 atom stereocenters. The van der Waals surface area contributed by atoms with Gasteiger partial charge < -0.3 is 16.2 Å². The number of amides is 1. The molecular weight excluding hydrogens is 266 g/mol. The molecule has 1 aromatic heterocycles. The Morgan fingerprint density at radius 2 is 2.14 bits per heavy atom. The van der Waals surface area contributed by atoms with E-state index in [9.17, 15) is 4.79 Å². The first-order valence-electron chi connectivity index (χ1n) is 7.25. The largest absolute Gasteiger partial charge is 0.473 e. The Labute approximate surface area is 123 Å². The van der Waals surface area contributed by atoms with E-state index in [1.807, 2.05) is 24.3 Å². The van der Waals surface area contributed by atoms with E-state index in [0.717, 1.165) is 30.2 Å². The smallest absolute Gasteiger partial charge is 0.254 e. The molecule has 2 aromatic rings. The van der Waals surface area contributed by atoms with Crippen LogP contribution in [-0.4, -0.2) is 23.5 Å². The van der Waals surface area contributed by atoms with Crippen molar-refractivity contribution in [2.45, 2.75) is 25.4 Å². The van der Waals surface area contributed by atoms with Crippen molar-refractivity contribution in [1.82, 2.24) is 4.98 Å². The molecule has 0 saturated heterocycles. The van der Waals surface area contributed by atoms with Crippen LogP contribution in [0.1, 0.15) is 29.6 Å². The first kappa shape index (κ1) is 13.8. The number of carbonyl (C=O) groups is 1. The highest BCUT2D eigenvalue weighted by Gasteiger charge is 2.29. The zero-order valence-corrected chi connectivity index (χ0v) is 11.8. The second-order valence-corrected chi connectivity index (χ2v) is 5.48. The number of pyridine rings is 1. The van der Waals surface area contributed by atoms with E-state index < -0.39 is 5.91 Å². The predicted molar refractivity (Wildman–Crippen MR) is 81.1 cm³/mol. The summed E-state index contributed by atoms with van der Waals surface area (Å²) in [6.07, 6.45) is 3.10. The fraction of sp³-hybridized carbons (Fsp3) is 0.375. The molecule has 0 aliphatic heterocycles. The molecule has 3 rings (SSSR count). The molecule has 1 aromatic carbocycles. The summed E-state index contributed by atoms with van der Waals surface area (Å²) in [7, 11) is 0. The van der Waals surface area contributed by atoms with Gasteiger partial charge >= 0.3 is 0 Å². The molecule has 0 radical (unpaired) electrons. The van der Waals surface area contributed by atoms with Crippen LogP contribution < -0.4 is 16.2 Å². The van der Waals surface area contributed by atoms with Crippen LogP contribution in [0.5, 0.6) is 5.88 Å². The van der Waals surface area contributed by atoms with Crippen molar-refractivity contribution < 1.29 is 9.53 Å². The minimum Gasteiger partial charge on any atom is -0.473 e. The molecule has 1 heterocycles. The number of benzene rings is 1. The molecule has 5 heteroatoms. The zero-order chi connectivity index (χ0) is 14.8. The summed E-state index contributed by atoms with van der Waals surface area (Å²) >= 11 is 0. The van der Waals surface area contributed by atoms with Crippen LogP contribution in [0.4, 0.5) is 0 Å². The maximum atomic E-state index is 11.7. The van der Waals surface area contributed by atoms with Gasteiger partial charge in [-0.15, -0.1) is 0 Å². The van der Waals surface area contributed by atoms with Gasteiger partial charge in [0.25, 0.3) is 5.91 Å². The van der Waals surface area contributed by atoms with Crippen LogP contribution in [-0.2, 0) is 0 Å². The van der Waals surface area contributed by atoms with Gasteiger partial charge in [-0.25, -0.2) is 4.98 Å². The summed E-state index contributed by atoms with van der Waals surface area (Å²) in [6.45, 7) is 0.587. The van der Waals surface area contributed by atoms with Gasteiger partial charge in [0.2, 0.25) is 5.88 Å². The summed E-state index contributed by atoms with van der Waals surface area (Å²) in [5, 5.41) is 0.875. The standard InChI is InChI=1S/C16H19N3O2/c17-9-11-5-3-7-14(11)21-16-12(15(18)20)8-10-4-1-2-6-13(10)19-16/h1-2,4,6,8,11,14H,3,5,7,9,17H2,(H2,18,20). The second-order valence-electron chi connectivity index (χ2n) is 5.48. The topological polar surface area (TPSA) is 91.2 Å². The van der Waals surface area contributed by atoms with Crippen LogP contribution in [0, 0.1) is 5.92 Å². The number of hydrogen-bond donors (Lipinski definition) is 2. The van der Waals surface area contributed by atoms with Crippen LogP contribution >= 0.6 is 0 Å². The lowest BCUT2D eigenvalue weighted by molar-refractivity contribution is 0.0986. The van der Waals surface area contributed by atoms with Gasteiger partial charge in [0.1, 0.15) is 11.7 Å². The third kappa shape index (κ3) is 2.69. The first-order valence-corrected chi connectivity index (χ1v) is 7.25. The maximum Gasteiger partial charge on any atom is 0.254 e. The number of ether oxygens (including phenoxy) is 1. The Balaban J connectivity index is 1.99. The highest BCUT2D eigenvalue weighted by molar-refractivity contribution is 5.98. The van der Waals surface area contributed by atoms with Gasteiger partial charge in [0.05, 0.1) is 5.52 Å². The Hall–Kier alpha value is -2.14. The molecule has 1 aliphatic carbocycles. The minimum absolute atomic E-state index is 0.0155. The molecule has 1 aliphatic rings. The van der Waals surface area contributed by atoms with E-state index >= 15 is 0 Å². The number of fused-ring (bicyclic) bond motifs is 1. The lowest BCUT2D eigenvalue weighted by Gasteiger charge is -2.20. The molecule has 1 amide bonds. The average molecular weight is 285 g/mol. The van der Waals surface area contributed by atoms with E-state index in [1.54, 1.807) is 6.07 Å². The van der Waals surface area contributed by atoms with E-state index in [1.165, 1.54) is 0 Å². The molecule has 0 spiro atoms. The summed E-state index contributed by atoms with van der Waals surface area (Å²) in [4.78, 5) is 16.1. The lowest BCUT2D eigenvalue weighted by atomic mass is 10.1. The third-order valence-corrected chi connectivity index (χ3v) is 4.11. The number of nitrogens with two attached hydrogens (primary N) is 2. The zero-order valence-electron chi connectivity index (χ0n) is 11.8. The van der Waals surface area contributed by atoms with Crippen molar-refractivity contribution in [3.8, 4) is 5.88 Å². The molecule has 0 bridgehead atoms. The summed E-state index contributed by atoms with van der Waals surface area (Å²) in [6, 6.07) is 9.34. The Kier molecular flexibility index (Phi) is 3.75. The van der Waals surface area contributed by atoms with Gasteiger partial charge in [0, 0.05) is 11.3 Å². The molecule has 4 N–H and O–H groups in total. The highest BCUT2D eigenvalue weighted by Crippen LogP contribution is 2.31. The normalized spacial score (nSPS) is 21.6. The number of primary amides is 1. The highest BCUT2D eigenvalue weighted by atomic mass is 16.5. The van der Waals surface area contributed by atoms with E-state index in [0.29, 0.717) is 23.9 Å². The Morgan fingerprint density at radius 3 is 2.90 bits per heavy atom. The van der Waals surface area contributed by atoms with Crippen LogP contribution in [0.3, 0.4) is 0 Å². The number of rotatable bonds is 4. The van der Waals surface area contributed by atoms with Crippen molar-refractivity contribution >= 4 is 16.8 Å². The fourth-order valence-corrected chi connectivity index (χ4v) is 2.94. The maximum absolute atomic E-state index is 11.7. The van der Waals surface area contributed by atoms with Crippen LogP contribution in [0.2, 0.25) is 0 Å². The number of carbonyl (C=O) groups excluding carboxylic acids is 1. The second kappa shape index (κ2) is 5.69. The van der Waals surface area contributed by atoms with Crippen molar-refractivity contribution in [3.63, 3.8) is 0 Å². The summed E-state index contributed by atoms with van der Waals surface area (Å²) < 4.78 is 5.99. The summed E-state index contributed by atoms with van der Waals surface area (Å²) in [5.41, 5.74) is 12.4. The van der Waals surface area contributed by atoms with Gasteiger partial charge in [-0.2, -0.15) is 0 Å². The molecule has 1 fully saturated rings. The van der Waals surface area contributed by atoms with Crippen LogP contribution in [0.15, 0.2) is 30.3 Å². The molecule has 1 saturated carbocycles. The average Bonchev–Trinajstić information content (AvgIpc) is 2.93. The van der Waals surface area contributed by atoms with Gasteiger partial charge in [-0.1, -0.05) is 18.2 Å². The Bertz CT molecular complexity index is 672. The van der Waals surface area contributed by atoms with Gasteiger partial charge in [-0.3, -0.25) is 4.79 Å². The lowest BCUT2D eigenvalue weighted by Crippen LogP contribution is -2.29. The number of hydrogen-bond acceptors (Lipinski definition) is 4. The van der Waals surface area contributed by atoms with E-state index in [-0.39, 0.29) is 6.10 Å². The van der Waals surface area contributed by atoms with E-state index in [4.69, 9.17) is 16.2 Å². The number of nitrogens with zero attached hydrogens (tertiary/aromatic N) is 1. The van der Waals surface area contributed by atoms with Crippen molar-refractivity contribution in [2.24, 2.45) is 17.4 Å². The third-order valence-electron chi connectivity index (χ3n) is 4.11. The van der Waals surface area contributed by atoms with Gasteiger partial charge in [0.15, 0.2) is 0 Å². The Morgan fingerprint density at radius 1 is 1.33 bits per heavy atom. The quantitative estimate of drug-likeness (QED) is 0.896. The van der Waals surface area contributed by atoms with Crippen LogP contribution in [0.25, 0.3) is 10.9 Å². The SMILES string of the molecule is NCC1CCCC1Oc1nc2ccccc2cc1C(N)=O. The summed E-state index contributed by atoms with van der Waals surface area (Å²) in [5.74, 6) is 0.121. The van der Waals surface area contributed by atoms with Gasteiger partial charge in [-0.05, 0) is 37.9 Å². The molecule has 2 unspecified atom stereocenters. The van der Waals surface area contributed by atoms with Crippen molar-refractivity contribution in [2.75, 3.05) is 6.54 Å².